The average molecular weight is 296 g/mol. The summed E-state index contributed by atoms with van der Waals surface area (Å²) < 4.78 is 26.4. The highest BCUT2D eigenvalue weighted by Crippen LogP contribution is 2.35. The quantitative estimate of drug-likeness (QED) is 0.838. The van der Waals surface area contributed by atoms with Crippen LogP contribution in [0.15, 0.2) is 24.3 Å². The van der Waals surface area contributed by atoms with E-state index in [0.29, 0.717) is 13.0 Å². The molecule has 0 unspecified atom stereocenters. The van der Waals surface area contributed by atoms with Gasteiger partial charge in [-0.25, -0.2) is 8.42 Å². The fourth-order valence-corrected chi connectivity index (χ4v) is 4.56. The predicted octanol–water partition coefficient (Wildman–Crippen LogP) is 2.63. The van der Waals surface area contributed by atoms with Crippen LogP contribution in [0.4, 0.5) is 5.69 Å². The lowest BCUT2D eigenvalue weighted by Gasteiger charge is -2.25. The molecule has 0 amide bonds. The molecule has 1 atom stereocenters. The Morgan fingerprint density at radius 1 is 1.35 bits per heavy atom. The van der Waals surface area contributed by atoms with E-state index in [2.05, 4.69) is 6.07 Å². The molecule has 1 aromatic rings. The van der Waals surface area contributed by atoms with Crippen molar-refractivity contribution in [3.63, 3.8) is 0 Å². The first-order chi connectivity index (χ1) is 9.45. The highest BCUT2D eigenvalue weighted by atomic mass is 32.2. The van der Waals surface area contributed by atoms with Crippen molar-refractivity contribution in [3.8, 4) is 0 Å². The van der Waals surface area contributed by atoms with Crippen molar-refractivity contribution in [1.82, 2.24) is 4.31 Å². The van der Waals surface area contributed by atoms with Gasteiger partial charge in [-0.05, 0) is 37.0 Å². The number of benzene rings is 1. The van der Waals surface area contributed by atoms with E-state index in [1.807, 2.05) is 44.1 Å². The minimum Gasteiger partial charge on any atom is -0.378 e. The summed E-state index contributed by atoms with van der Waals surface area (Å²) in [6.07, 6.45) is 2.53. The van der Waals surface area contributed by atoms with E-state index in [-0.39, 0.29) is 11.8 Å². The third-order valence-electron chi connectivity index (χ3n) is 3.79. The molecular weight excluding hydrogens is 272 g/mol. The SMILES string of the molecule is CCCS(=O)(=O)N1CCC[C@@H]1c1cccc(N(C)C)c1. The summed E-state index contributed by atoms with van der Waals surface area (Å²) in [5, 5.41) is 0. The molecule has 1 aliphatic heterocycles. The molecule has 1 heterocycles. The van der Waals surface area contributed by atoms with Gasteiger partial charge in [-0.2, -0.15) is 4.31 Å². The smallest absolute Gasteiger partial charge is 0.214 e. The molecule has 1 aliphatic rings. The van der Waals surface area contributed by atoms with Crippen LogP contribution in [0.3, 0.4) is 0 Å². The number of hydrogen-bond acceptors (Lipinski definition) is 3. The Balaban J connectivity index is 2.29. The van der Waals surface area contributed by atoms with Gasteiger partial charge in [0.15, 0.2) is 0 Å². The average Bonchev–Trinajstić information content (AvgIpc) is 2.89. The molecule has 0 saturated carbocycles. The molecule has 5 heteroatoms. The van der Waals surface area contributed by atoms with E-state index < -0.39 is 10.0 Å². The molecule has 0 aliphatic carbocycles. The Morgan fingerprint density at radius 3 is 2.75 bits per heavy atom. The molecular formula is C15H24N2O2S. The van der Waals surface area contributed by atoms with E-state index in [1.165, 1.54) is 0 Å². The van der Waals surface area contributed by atoms with Gasteiger partial charge in [0.05, 0.1) is 5.75 Å². The summed E-state index contributed by atoms with van der Waals surface area (Å²) in [7, 11) is 0.878. The standard InChI is InChI=1S/C15H24N2O2S/c1-4-11-20(18,19)17-10-6-9-15(17)13-7-5-8-14(12-13)16(2)3/h5,7-8,12,15H,4,6,9-11H2,1-3H3/t15-/m1/s1. The molecule has 112 valence electrons. The Hall–Kier alpha value is -1.07. The van der Waals surface area contributed by atoms with Gasteiger partial charge in [0, 0.05) is 32.4 Å². The van der Waals surface area contributed by atoms with Crippen molar-refractivity contribution >= 4 is 15.7 Å². The second-order valence-electron chi connectivity index (χ2n) is 5.57. The van der Waals surface area contributed by atoms with Gasteiger partial charge < -0.3 is 4.90 Å². The van der Waals surface area contributed by atoms with Crippen molar-refractivity contribution in [2.45, 2.75) is 32.2 Å². The maximum absolute atomic E-state index is 12.4. The normalized spacial score (nSPS) is 20.2. The van der Waals surface area contributed by atoms with Crippen molar-refractivity contribution in [1.29, 1.82) is 0 Å². The number of rotatable bonds is 5. The first-order valence-corrected chi connectivity index (χ1v) is 8.83. The summed E-state index contributed by atoms with van der Waals surface area (Å²) in [4.78, 5) is 2.04. The van der Waals surface area contributed by atoms with Crippen LogP contribution in [0, 0.1) is 0 Å². The number of sulfonamides is 1. The van der Waals surface area contributed by atoms with Crippen LogP contribution in [-0.2, 0) is 10.0 Å². The fraction of sp³-hybridized carbons (Fsp3) is 0.600. The Bertz CT molecular complexity index is 555. The first kappa shape index (κ1) is 15.3. The van der Waals surface area contributed by atoms with Crippen molar-refractivity contribution in [2.75, 3.05) is 31.3 Å². The van der Waals surface area contributed by atoms with Crippen LogP contribution in [0.1, 0.15) is 37.8 Å². The molecule has 0 spiro atoms. The van der Waals surface area contributed by atoms with Gasteiger partial charge in [0.1, 0.15) is 0 Å². The van der Waals surface area contributed by atoms with Crippen molar-refractivity contribution < 1.29 is 8.42 Å². The first-order valence-electron chi connectivity index (χ1n) is 7.22. The lowest BCUT2D eigenvalue weighted by Crippen LogP contribution is -2.32. The molecule has 1 aromatic carbocycles. The van der Waals surface area contributed by atoms with Gasteiger partial charge in [0.2, 0.25) is 10.0 Å². The Labute approximate surface area is 122 Å². The molecule has 0 radical (unpaired) electrons. The zero-order valence-corrected chi connectivity index (χ0v) is 13.4. The van der Waals surface area contributed by atoms with E-state index in [0.717, 1.165) is 24.1 Å². The number of anilines is 1. The fourth-order valence-electron chi connectivity index (χ4n) is 2.79. The number of hydrogen-bond donors (Lipinski definition) is 0. The zero-order valence-electron chi connectivity index (χ0n) is 12.5. The molecule has 4 nitrogen and oxygen atoms in total. The topological polar surface area (TPSA) is 40.6 Å². The van der Waals surface area contributed by atoms with E-state index in [9.17, 15) is 8.42 Å². The predicted molar refractivity (Wildman–Crippen MR) is 83.5 cm³/mol. The lowest BCUT2D eigenvalue weighted by atomic mass is 10.0. The minimum absolute atomic E-state index is 0.00597. The van der Waals surface area contributed by atoms with Crippen LogP contribution in [0.2, 0.25) is 0 Å². The summed E-state index contributed by atoms with van der Waals surface area (Å²) in [5.74, 6) is 0.247. The van der Waals surface area contributed by atoms with Gasteiger partial charge in [-0.3, -0.25) is 0 Å². The van der Waals surface area contributed by atoms with E-state index >= 15 is 0 Å². The van der Waals surface area contributed by atoms with Gasteiger partial charge >= 0.3 is 0 Å². The van der Waals surface area contributed by atoms with Crippen LogP contribution >= 0.6 is 0 Å². The van der Waals surface area contributed by atoms with Gasteiger partial charge in [-0.15, -0.1) is 0 Å². The number of nitrogens with zero attached hydrogens (tertiary/aromatic N) is 2. The second-order valence-corrected chi connectivity index (χ2v) is 7.62. The zero-order chi connectivity index (χ0) is 14.8. The molecule has 1 saturated heterocycles. The maximum atomic E-state index is 12.4. The van der Waals surface area contributed by atoms with Crippen LogP contribution in [0.25, 0.3) is 0 Å². The minimum atomic E-state index is -3.12. The highest BCUT2D eigenvalue weighted by Gasteiger charge is 2.34. The summed E-state index contributed by atoms with van der Waals surface area (Å²) >= 11 is 0. The molecule has 20 heavy (non-hydrogen) atoms. The van der Waals surface area contributed by atoms with Crippen LogP contribution < -0.4 is 4.90 Å². The Morgan fingerprint density at radius 2 is 2.10 bits per heavy atom. The van der Waals surface area contributed by atoms with Crippen LogP contribution in [0.5, 0.6) is 0 Å². The third-order valence-corrected chi connectivity index (χ3v) is 5.87. The lowest BCUT2D eigenvalue weighted by molar-refractivity contribution is 0.396. The maximum Gasteiger partial charge on any atom is 0.214 e. The summed E-state index contributed by atoms with van der Waals surface area (Å²) in [6.45, 7) is 2.56. The highest BCUT2D eigenvalue weighted by molar-refractivity contribution is 7.89. The molecule has 0 N–H and O–H groups in total. The summed E-state index contributed by atoms with van der Waals surface area (Å²) in [5.41, 5.74) is 2.22. The van der Waals surface area contributed by atoms with Crippen LogP contribution in [-0.4, -0.2) is 39.1 Å². The monoisotopic (exact) mass is 296 g/mol. The molecule has 2 rings (SSSR count). The largest absolute Gasteiger partial charge is 0.378 e. The van der Waals surface area contributed by atoms with E-state index in [1.54, 1.807) is 4.31 Å². The van der Waals surface area contributed by atoms with Gasteiger partial charge in [-0.1, -0.05) is 19.1 Å². The molecule has 0 aromatic heterocycles. The van der Waals surface area contributed by atoms with E-state index in [4.69, 9.17) is 0 Å². The third kappa shape index (κ3) is 3.15. The molecule has 1 fully saturated rings. The van der Waals surface area contributed by atoms with Crippen molar-refractivity contribution in [3.05, 3.63) is 29.8 Å². The van der Waals surface area contributed by atoms with Crippen molar-refractivity contribution in [2.24, 2.45) is 0 Å². The van der Waals surface area contributed by atoms with Gasteiger partial charge in [0.25, 0.3) is 0 Å². The second kappa shape index (κ2) is 6.14. The summed E-state index contributed by atoms with van der Waals surface area (Å²) in [6, 6.07) is 8.20. The molecule has 0 bridgehead atoms. The Kier molecular flexibility index (Phi) is 4.70.